The summed E-state index contributed by atoms with van der Waals surface area (Å²) in [6.07, 6.45) is 0.744. The summed E-state index contributed by atoms with van der Waals surface area (Å²) in [7, 11) is 0. The van der Waals surface area contributed by atoms with Gasteiger partial charge in [0.15, 0.2) is 5.96 Å². The van der Waals surface area contributed by atoms with Crippen LogP contribution in [0.5, 0.6) is 0 Å². The summed E-state index contributed by atoms with van der Waals surface area (Å²) in [5.41, 5.74) is 22.2. The molecule has 6 atom stereocenters. The number of carbonyl (C=O) groups is 8. The first kappa shape index (κ1) is 48.3. The third-order valence-electron chi connectivity index (χ3n) is 9.17. The number of unbranched alkanes of at least 4 members (excludes halogenated alkanes) is 1. The van der Waals surface area contributed by atoms with Crippen LogP contribution < -0.4 is 60.2 Å². The zero-order valence-corrected chi connectivity index (χ0v) is 33.1. The predicted octanol–water partition coefficient (Wildman–Crippen LogP) is -2.94. The molecule has 1 aromatic carbocycles. The van der Waals surface area contributed by atoms with Crippen molar-refractivity contribution in [2.45, 2.75) is 121 Å². The second-order valence-corrected chi connectivity index (χ2v) is 14.0. The number of guanidine groups is 1. The lowest BCUT2D eigenvalue weighted by Crippen LogP contribution is -2.60. The van der Waals surface area contributed by atoms with E-state index >= 15 is 0 Å². The van der Waals surface area contributed by atoms with Gasteiger partial charge in [-0.1, -0.05) is 38.0 Å². The summed E-state index contributed by atoms with van der Waals surface area (Å²) in [5, 5.41) is 18.0. The molecule has 15 N–H and O–H groups in total. The first-order chi connectivity index (χ1) is 27.6. The van der Waals surface area contributed by atoms with Crippen molar-refractivity contribution in [1.82, 2.24) is 37.2 Å². The molecule has 0 bridgehead atoms. The highest BCUT2D eigenvalue weighted by atomic mass is 19.1. The number of primary amides is 1. The summed E-state index contributed by atoms with van der Waals surface area (Å²) in [4.78, 5) is 110. The van der Waals surface area contributed by atoms with Crippen molar-refractivity contribution in [2.24, 2.45) is 27.9 Å². The Morgan fingerprint density at radius 1 is 0.862 bits per heavy atom. The molecule has 0 saturated carbocycles. The number of nitrogens with two attached hydrogens (primary N) is 4. The van der Waals surface area contributed by atoms with E-state index in [9.17, 15) is 42.7 Å². The summed E-state index contributed by atoms with van der Waals surface area (Å²) >= 11 is 0. The molecule has 322 valence electrons. The summed E-state index contributed by atoms with van der Waals surface area (Å²) in [6, 6.07) is -2.35. The number of nitrogens with one attached hydrogen (secondary N) is 7. The second-order valence-electron chi connectivity index (χ2n) is 14.0. The first-order valence-corrected chi connectivity index (χ1v) is 19.4. The molecule has 0 spiro atoms. The lowest BCUT2D eigenvalue weighted by Gasteiger charge is -2.27. The van der Waals surface area contributed by atoms with Crippen LogP contribution >= 0.6 is 0 Å². The first-order valence-electron chi connectivity index (χ1n) is 19.4. The number of hydrogen-bond acceptors (Lipinski definition) is 10. The summed E-state index contributed by atoms with van der Waals surface area (Å²) in [6.45, 7) is 3.17. The molecule has 0 radical (unpaired) electrons. The van der Waals surface area contributed by atoms with E-state index < -0.39 is 89.3 Å². The Morgan fingerprint density at radius 2 is 1.48 bits per heavy atom. The monoisotopic (exact) mass is 818 g/mol. The van der Waals surface area contributed by atoms with E-state index in [1.165, 1.54) is 31.2 Å². The molecule has 1 aromatic rings. The zero-order valence-electron chi connectivity index (χ0n) is 33.1. The molecule has 21 heteroatoms. The molecule has 0 aliphatic carbocycles. The Morgan fingerprint density at radius 3 is 2.10 bits per heavy atom. The maximum absolute atomic E-state index is 15.0. The van der Waals surface area contributed by atoms with Gasteiger partial charge in [-0.15, -0.1) is 0 Å². The Labute approximate surface area is 336 Å². The van der Waals surface area contributed by atoms with Gasteiger partial charge in [-0.25, -0.2) is 4.39 Å². The Balaban J connectivity index is 2.61. The fourth-order valence-electron chi connectivity index (χ4n) is 6.01. The molecule has 2 rings (SSSR count). The minimum atomic E-state index is -1.52. The maximum atomic E-state index is 15.0. The van der Waals surface area contributed by atoms with Crippen LogP contribution in [-0.2, 0) is 44.8 Å². The Kier molecular flexibility index (Phi) is 21.2. The van der Waals surface area contributed by atoms with Gasteiger partial charge in [0.05, 0.1) is 0 Å². The maximum Gasteiger partial charge on any atom is 0.243 e. The van der Waals surface area contributed by atoms with Crippen LogP contribution in [0.25, 0.3) is 0 Å². The largest absolute Gasteiger partial charge is 0.370 e. The molecule has 20 nitrogen and oxygen atoms in total. The average Bonchev–Trinajstić information content (AvgIpc) is 3.16. The lowest BCUT2D eigenvalue weighted by atomic mass is 10.0. The van der Waals surface area contributed by atoms with Crippen molar-refractivity contribution in [2.75, 3.05) is 19.6 Å². The van der Waals surface area contributed by atoms with E-state index in [4.69, 9.17) is 22.9 Å². The molecular weight excluding hydrogens is 759 g/mol. The molecule has 1 saturated heterocycles. The number of aliphatic imine (C=N–C) groups is 1. The minimum absolute atomic E-state index is 0.0292. The molecule has 1 unspecified atom stereocenters. The van der Waals surface area contributed by atoms with Crippen molar-refractivity contribution < 1.29 is 42.7 Å². The van der Waals surface area contributed by atoms with Gasteiger partial charge in [0.2, 0.25) is 47.3 Å². The highest BCUT2D eigenvalue weighted by Gasteiger charge is 2.34. The Bertz CT molecular complexity index is 1630. The van der Waals surface area contributed by atoms with Crippen LogP contribution in [0.2, 0.25) is 0 Å². The van der Waals surface area contributed by atoms with Gasteiger partial charge >= 0.3 is 0 Å². The molecule has 0 aromatic heterocycles. The molecule has 1 fully saturated rings. The van der Waals surface area contributed by atoms with Gasteiger partial charge in [0.1, 0.15) is 42.1 Å². The number of nitrogens with zero attached hydrogens (tertiary/aromatic N) is 1. The third-order valence-corrected chi connectivity index (χ3v) is 9.17. The van der Waals surface area contributed by atoms with E-state index in [2.05, 4.69) is 42.2 Å². The zero-order chi connectivity index (χ0) is 43.2. The van der Waals surface area contributed by atoms with Crippen molar-refractivity contribution in [3.8, 4) is 0 Å². The standard InChI is InChI=1S/C37H59FN12O8/c1-3-4-11-25(45-21(2)51)32(54)49-28-14-15-30(52)43-19-16-24(31(40)53)46-33(55)27(13-8-18-44-37(41)42)48-36(58)29(20-22-9-5-6-10-23(22)38)50-34(56)26(12-7-17-39)47-35(28)57/h5-6,9-10,24-29H,3-4,7-8,11-20,39H2,1-2H3,(H2,40,53)(H,43,52)(H,45,51)(H,46,55)(H,47,57)(H,48,58)(H,49,54)(H,50,56)(H4,41,42,44)/t24?,25-,26-,27-,28-,29+/m0/s1. The highest BCUT2D eigenvalue weighted by molar-refractivity contribution is 5.97. The number of amides is 8. The van der Waals surface area contributed by atoms with Gasteiger partial charge in [0, 0.05) is 32.9 Å². The Hall–Kier alpha value is -5.86. The number of rotatable bonds is 16. The fourth-order valence-corrected chi connectivity index (χ4v) is 6.01. The van der Waals surface area contributed by atoms with Crippen LogP contribution in [0, 0.1) is 5.82 Å². The molecule has 1 aliphatic heterocycles. The minimum Gasteiger partial charge on any atom is -0.370 e. The van der Waals surface area contributed by atoms with E-state index in [0.717, 1.165) is 0 Å². The molecule has 1 heterocycles. The van der Waals surface area contributed by atoms with Gasteiger partial charge < -0.3 is 60.2 Å². The molecular formula is C37H59FN12O8. The van der Waals surface area contributed by atoms with Crippen LogP contribution in [0.3, 0.4) is 0 Å². The van der Waals surface area contributed by atoms with Gasteiger partial charge in [-0.3, -0.25) is 43.3 Å². The summed E-state index contributed by atoms with van der Waals surface area (Å²) < 4.78 is 15.0. The smallest absolute Gasteiger partial charge is 0.243 e. The van der Waals surface area contributed by atoms with Gasteiger partial charge in [-0.05, 0) is 63.1 Å². The molecule has 8 amide bonds. The second kappa shape index (κ2) is 25.4. The van der Waals surface area contributed by atoms with Crippen molar-refractivity contribution in [3.05, 3.63) is 35.6 Å². The quantitative estimate of drug-likeness (QED) is 0.0456. The SMILES string of the molecule is CCCC[C@H](NC(C)=O)C(=O)N[C@H]1CCC(=O)NCCC(C(N)=O)NC(=O)[C@H](CCCN=C(N)N)NC(=O)[C@@H](Cc2ccccc2F)NC(=O)[C@H](CCCN)NC1=O. The normalized spacial score (nSPS) is 21.9. The topological polar surface area (TPSA) is 337 Å². The summed E-state index contributed by atoms with van der Waals surface area (Å²) in [5.74, 6) is -7.05. The van der Waals surface area contributed by atoms with Crippen LogP contribution in [0.1, 0.15) is 83.6 Å². The number of hydrogen-bond donors (Lipinski definition) is 11. The number of carbonyl (C=O) groups excluding carboxylic acids is 8. The fraction of sp³-hybridized carbons (Fsp3) is 0.595. The average molecular weight is 819 g/mol. The third kappa shape index (κ3) is 17.5. The van der Waals surface area contributed by atoms with Gasteiger partial charge in [0.25, 0.3) is 0 Å². The molecule has 1 aliphatic rings. The van der Waals surface area contributed by atoms with E-state index in [1.54, 1.807) is 0 Å². The van der Waals surface area contributed by atoms with Crippen molar-refractivity contribution >= 4 is 53.2 Å². The van der Waals surface area contributed by atoms with Gasteiger partial charge in [-0.2, -0.15) is 0 Å². The van der Waals surface area contributed by atoms with Crippen LogP contribution in [0.4, 0.5) is 4.39 Å². The van der Waals surface area contributed by atoms with Crippen molar-refractivity contribution in [3.63, 3.8) is 0 Å². The highest BCUT2D eigenvalue weighted by Crippen LogP contribution is 2.12. The number of halogens is 1. The van der Waals surface area contributed by atoms with Crippen LogP contribution in [-0.4, -0.2) is 109 Å². The predicted molar refractivity (Wildman–Crippen MR) is 211 cm³/mol. The van der Waals surface area contributed by atoms with E-state index in [-0.39, 0.29) is 88.9 Å². The van der Waals surface area contributed by atoms with E-state index in [1.807, 2.05) is 6.92 Å². The van der Waals surface area contributed by atoms with Crippen molar-refractivity contribution in [1.29, 1.82) is 0 Å². The molecule has 58 heavy (non-hydrogen) atoms. The van der Waals surface area contributed by atoms with Crippen LogP contribution in [0.15, 0.2) is 29.3 Å². The number of benzene rings is 1. The van der Waals surface area contributed by atoms with E-state index in [0.29, 0.717) is 12.8 Å². The lowest BCUT2D eigenvalue weighted by molar-refractivity contribution is -0.135.